The summed E-state index contributed by atoms with van der Waals surface area (Å²) in [5.41, 5.74) is 10.1. The van der Waals surface area contributed by atoms with Crippen molar-refractivity contribution in [1.29, 1.82) is 0 Å². The maximum atomic E-state index is 10.7. The number of rotatable bonds is 4. The van der Waals surface area contributed by atoms with Gasteiger partial charge in [0.05, 0.1) is 5.82 Å². The molecule has 0 heterocycles. The van der Waals surface area contributed by atoms with Crippen LogP contribution in [0.2, 0.25) is 0 Å². The molecule has 8 nitrogen and oxygen atoms in total. The summed E-state index contributed by atoms with van der Waals surface area (Å²) in [5.74, 6) is -0.0569. The molecule has 8 N–H and O–H groups in total. The van der Waals surface area contributed by atoms with Crippen LogP contribution >= 0.6 is 15.2 Å². The first-order valence-corrected chi connectivity index (χ1v) is 6.99. The van der Waals surface area contributed by atoms with Gasteiger partial charge in [-0.25, -0.2) is 0 Å². The van der Waals surface area contributed by atoms with Crippen LogP contribution in [0.1, 0.15) is 0 Å². The largest absolute Gasteiger partial charge is 0.386 e. The maximum Gasteiger partial charge on any atom is 0.364 e. The Morgan fingerprint density at radius 3 is 1.56 bits per heavy atom. The highest BCUT2D eigenvalue weighted by Gasteiger charge is 2.35. The fourth-order valence-electron chi connectivity index (χ4n) is 0.672. The molecule has 0 unspecified atom stereocenters. The number of nitrogens with two attached hydrogens (primary N) is 2. The summed E-state index contributed by atoms with van der Waals surface area (Å²) in [5, 5.41) is -1.26. The van der Waals surface area contributed by atoms with Crippen molar-refractivity contribution in [3.8, 4) is 0 Å². The van der Waals surface area contributed by atoms with E-state index in [0.29, 0.717) is 6.08 Å². The summed E-state index contributed by atoms with van der Waals surface area (Å²) in [6.45, 7) is 0. The van der Waals surface area contributed by atoms with Crippen molar-refractivity contribution >= 4 is 15.2 Å². The minimum atomic E-state index is -5.00. The van der Waals surface area contributed by atoms with Gasteiger partial charge in [0.15, 0.2) is 5.06 Å². The fraction of sp³-hybridized carbons (Fsp3) is 0. The first-order valence-electron chi connectivity index (χ1n) is 3.77. The van der Waals surface area contributed by atoms with Crippen molar-refractivity contribution in [2.75, 3.05) is 0 Å². The van der Waals surface area contributed by atoms with Crippen molar-refractivity contribution in [2.24, 2.45) is 11.5 Å². The zero-order valence-corrected chi connectivity index (χ0v) is 9.75. The van der Waals surface area contributed by atoms with Gasteiger partial charge in [-0.1, -0.05) is 12.2 Å². The lowest BCUT2D eigenvalue weighted by Gasteiger charge is -2.09. The molecule has 0 radical (unpaired) electrons. The van der Waals surface area contributed by atoms with Gasteiger partial charge in [0.25, 0.3) is 0 Å². The lowest BCUT2D eigenvalue weighted by atomic mass is 10.4. The van der Waals surface area contributed by atoms with Crippen LogP contribution in [0.5, 0.6) is 0 Å². The summed E-state index contributed by atoms with van der Waals surface area (Å²) < 4.78 is 21.5. The molecule has 0 saturated carbocycles. The Hall–Kier alpha value is -0.880. The second kappa shape index (κ2) is 5.45. The molecule has 0 aliphatic heterocycles. The highest BCUT2D eigenvalue weighted by molar-refractivity contribution is 7.77. The van der Waals surface area contributed by atoms with E-state index in [0.717, 1.165) is 6.08 Å². The second-order valence-electron chi connectivity index (χ2n) is 2.66. The normalized spacial score (nSPS) is 12.5. The Bertz CT molecular complexity index is 400. The molecule has 0 aliphatic rings. The molecule has 0 amide bonds. The first kappa shape index (κ1) is 15.1. The molecular weight excluding hydrogens is 258 g/mol. The SMILES string of the molecule is NC(N)=C/C=C/C=C(P(=O)(O)O)P(=O)(O)O. The molecule has 0 saturated heterocycles. The number of hydrogen-bond acceptors (Lipinski definition) is 4. The van der Waals surface area contributed by atoms with Gasteiger partial charge in [0.1, 0.15) is 0 Å². The summed E-state index contributed by atoms with van der Waals surface area (Å²) in [4.78, 5) is 34.7. The Morgan fingerprint density at radius 2 is 1.25 bits per heavy atom. The highest BCUT2D eigenvalue weighted by atomic mass is 31.2. The molecule has 0 atom stereocenters. The maximum absolute atomic E-state index is 10.7. The van der Waals surface area contributed by atoms with Gasteiger partial charge in [-0.15, -0.1) is 0 Å². The zero-order valence-electron chi connectivity index (χ0n) is 7.96. The number of allylic oxidation sites excluding steroid dienone is 4. The van der Waals surface area contributed by atoms with E-state index in [4.69, 9.17) is 31.0 Å². The molecule has 10 heteroatoms. The lowest BCUT2D eigenvalue weighted by molar-refractivity contribution is 0.367. The van der Waals surface area contributed by atoms with E-state index >= 15 is 0 Å². The molecule has 0 rings (SSSR count). The summed E-state index contributed by atoms with van der Waals surface area (Å²) in [6.07, 6.45) is 4.00. The van der Waals surface area contributed by atoms with Crippen LogP contribution in [0.15, 0.2) is 35.2 Å². The molecular formula is C6H12N2O6P2. The van der Waals surface area contributed by atoms with E-state index < -0.39 is 20.2 Å². The average molecular weight is 270 g/mol. The third kappa shape index (κ3) is 5.87. The fourth-order valence-corrected chi connectivity index (χ4v) is 2.59. The molecule has 0 aromatic heterocycles. The van der Waals surface area contributed by atoms with Crippen LogP contribution in [-0.2, 0) is 9.13 Å². The molecule has 0 aliphatic carbocycles. The molecule has 92 valence electrons. The standard InChI is InChI=1S/C6H12N2O6P2/c7-5(8)3-1-2-4-6(15(9,10)11)16(12,13)14/h1-4H,7-8H2,(H2,9,10,11)(H2,12,13,14)/b2-1+. The van der Waals surface area contributed by atoms with Crippen LogP contribution in [0.3, 0.4) is 0 Å². The van der Waals surface area contributed by atoms with E-state index in [1.54, 1.807) is 0 Å². The smallest absolute Gasteiger partial charge is 0.364 e. The van der Waals surface area contributed by atoms with E-state index in [9.17, 15) is 9.13 Å². The Labute approximate surface area is 91.3 Å². The molecule has 0 fully saturated rings. The first-order chi connectivity index (χ1) is 7.05. The summed E-state index contributed by atoms with van der Waals surface area (Å²) in [7, 11) is -10.00. The van der Waals surface area contributed by atoms with Crippen molar-refractivity contribution in [1.82, 2.24) is 0 Å². The zero-order chi connectivity index (χ0) is 13.0. The topological polar surface area (TPSA) is 167 Å². The highest BCUT2D eigenvalue weighted by Crippen LogP contribution is 2.63. The molecule has 0 aromatic carbocycles. The van der Waals surface area contributed by atoms with Crippen LogP contribution in [0.25, 0.3) is 0 Å². The Morgan fingerprint density at radius 1 is 0.875 bits per heavy atom. The summed E-state index contributed by atoms with van der Waals surface area (Å²) in [6, 6.07) is 0. The van der Waals surface area contributed by atoms with E-state index in [1.165, 1.54) is 12.2 Å². The van der Waals surface area contributed by atoms with Crippen LogP contribution in [-0.4, -0.2) is 19.6 Å². The van der Waals surface area contributed by atoms with Gasteiger partial charge in [0, 0.05) is 0 Å². The lowest BCUT2D eigenvalue weighted by Crippen LogP contribution is -2.06. The van der Waals surface area contributed by atoms with E-state index in [2.05, 4.69) is 0 Å². The van der Waals surface area contributed by atoms with Gasteiger partial charge in [-0.3, -0.25) is 9.13 Å². The Balaban J connectivity index is 5.18. The quantitative estimate of drug-likeness (QED) is 0.293. The third-order valence-electron chi connectivity index (χ3n) is 1.24. The van der Waals surface area contributed by atoms with Crippen molar-refractivity contribution in [2.45, 2.75) is 0 Å². The van der Waals surface area contributed by atoms with Crippen LogP contribution in [0, 0.1) is 0 Å². The van der Waals surface area contributed by atoms with E-state index in [-0.39, 0.29) is 5.82 Å². The van der Waals surface area contributed by atoms with E-state index in [1.807, 2.05) is 0 Å². The molecule has 16 heavy (non-hydrogen) atoms. The molecule has 0 bridgehead atoms. The number of hydrogen-bond donors (Lipinski definition) is 6. The van der Waals surface area contributed by atoms with Crippen molar-refractivity contribution in [3.05, 3.63) is 35.2 Å². The molecule has 0 spiro atoms. The monoisotopic (exact) mass is 270 g/mol. The minimum Gasteiger partial charge on any atom is -0.386 e. The van der Waals surface area contributed by atoms with Crippen LogP contribution < -0.4 is 11.5 Å². The predicted molar refractivity (Wildman–Crippen MR) is 57.8 cm³/mol. The van der Waals surface area contributed by atoms with Gasteiger partial charge in [-0.2, -0.15) is 0 Å². The Kier molecular flexibility index (Phi) is 5.15. The summed E-state index contributed by atoms with van der Waals surface area (Å²) >= 11 is 0. The van der Waals surface area contributed by atoms with Gasteiger partial charge in [-0.05, 0) is 12.2 Å². The average Bonchev–Trinajstić information content (AvgIpc) is 1.97. The minimum absolute atomic E-state index is 0.0569. The van der Waals surface area contributed by atoms with Crippen molar-refractivity contribution in [3.63, 3.8) is 0 Å². The predicted octanol–water partition coefficient (Wildman–Crippen LogP) is -0.502. The second-order valence-corrected chi connectivity index (χ2v) is 6.16. The van der Waals surface area contributed by atoms with Gasteiger partial charge in [0.2, 0.25) is 0 Å². The van der Waals surface area contributed by atoms with Crippen molar-refractivity contribution < 1.29 is 28.7 Å². The van der Waals surface area contributed by atoms with Gasteiger partial charge < -0.3 is 31.0 Å². The van der Waals surface area contributed by atoms with Gasteiger partial charge >= 0.3 is 15.2 Å². The molecule has 0 aromatic rings. The third-order valence-corrected chi connectivity index (χ3v) is 4.30. The van der Waals surface area contributed by atoms with Crippen LogP contribution in [0.4, 0.5) is 0 Å².